The zero-order valence-corrected chi connectivity index (χ0v) is 18.0. The molecule has 7 nitrogen and oxygen atoms in total. The van der Waals surface area contributed by atoms with Crippen LogP contribution >= 0.6 is 0 Å². The fourth-order valence-corrected chi connectivity index (χ4v) is 3.17. The number of hydrogen-bond donors (Lipinski definition) is 3. The van der Waals surface area contributed by atoms with Crippen LogP contribution in [0.1, 0.15) is 23.0 Å². The molecule has 2 aromatic carbocycles. The number of aryl methyl sites for hydroxylation is 1. The smallest absolute Gasteiger partial charge is 0.323 e. The average Bonchev–Trinajstić information content (AvgIpc) is 3.28. The largest absolute Gasteiger partial charge is 0.457 e. The number of aromatic amines is 1. The Balaban J connectivity index is 1.45. The minimum atomic E-state index is -0.573. The van der Waals surface area contributed by atoms with Crippen LogP contribution in [0.3, 0.4) is 0 Å². The highest BCUT2D eigenvalue weighted by atomic mass is 19.1. The predicted octanol–water partition coefficient (Wildman–Crippen LogP) is 6.16. The molecular formula is C25H21FN4O3. The number of amides is 2. The maximum absolute atomic E-state index is 13.9. The van der Waals surface area contributed by atoms with Crippen LogP contribution in [0, 0.1) is 12.7 Å². The maximum Gasteiger partial charge on any atom is 0.323 e. The Hall–Kier alpha value is -4.46. The van der Waals surface area contributed by atoms with Crippen molar-refractivity contribution in [2.45, 2.75) is 13.8 Å². The van der Waals surface area contributed by atoms with E-state index in [1.165, 1.54) is 13.0 Å². The number of ketones is 1. The second-order valence-electron chi connectivity index (χ2n) is 7.43. The minimum absolute atomic E-state index is 0.0628. The van der Waals surface area contributed by atoms with E-state index in [1.54, 1.807) is 67.0 Å². The Labute approximate surface area is 189 Å². The minimum Gasteiger partial charge on any atom is -0.457 e. The lowest BCUT2D eigenvalue weighted by Crippen LogP contribution is -2.20. The summed E-state index contributed by atoms with van der Waals surface area (Å²) in [6, 6.07) is 15.9. The van der Waals surface area contributed by atoms with Crippen molar-refractivity contribution in [3.8, 4) is 22.8 Å². The van der Waals surface area contributed by atoms with E-state index in [1.807, 2.05) is 6.92 Å². The fourth-order valence-electron chi connectivity index (χ4n) is 3.17. The Morgan fingerprint density at radius 1 is 1.00 bits per heavy atom. The molecule has 0 radical (unpaired) electrons. The molecule has 0 atom stereocenters. The second kappa shape index (κ2) is 9.35. The van der Waals surface area contributed by atoms with E-state index in [-0.39, 0.29) is 11.5 Å². The number of Topliss-reactive ketones (excluding diaryl/α,β-unsaturated/α-hetero) is 1. The Morgan fingerprint density at radius 2 is 1.82 bits per heavy atom. The van der Waals surface area contributed by atoms with Crippen molar-refractivity contribution in [2.24, 2.45) is 0 Å². The van der Waals surface area contributed by atoms with Crippen molar-refractivity contribution < 1.29 is 18.7 Å². The van der Waals surface area contributed by atoms with Gasteiger partial charge in [-0.3, -0.25) is 9.78 Å². The average molecular weight is 444 g/mol. The summed E-state index contributed by atoms with van der Waals surface area (Å²) in [5.41, 5.74) is 3.31. The van der Waals surface area contributed by atoms with Gasteiger partial charge in [0.2, 0.25) is 0 Å². The number of carbonyl (C=O) groups excluding carboxylic acids is 2. The second-order valence-corrected chi connectivity index (χ2v) is 7.43. The molecule has 3 N–H and O–H groups in total. The van der Waals surface area contributed by atoms with E-state index >= 15 is 0 Å². The number of rotatable bonds is 6. The van der Waals surface area contributed by atoms with Gasteiger partial charge in [-0.2, -0.15) is 0 Å². The highest BCUT2D eigenvalue weighted by molar-refractivity contribution is 6.00. The quantitative estimate of drug-likeness (QED) is 0.310. The van der Waals surface area contributed by atoms with Gasteiger partial charge in [0, 0.05) is 42.7 Å². The van der Waals surface area contributed by atoms with Gasteiger partial charge in [0.05, 0.1) is 17.1 Å². The van der Waals surface area contributed by atoms with Gasteiger partial charge in [0.1, 0.15) is 17.3 Å². The summed E-state index contributed by atoms with van der Waals surface area (Å²) >= 11 is 0. The lowest BCUT2D eigenvalue weighted by atomic mass is 10.2. The number of nitrogens with one attached hydrogen (secondary N) is 3. The lowest BCUT2D eigenvalue weighted by Gasteiger charge is -2.11. The summed E-state index contributed by atoms with van der Waals surface area (Å²) < 4.78 is 19.8. The monoisotopic (exact) mass is 444 g/mol. The molecular weight excluding hydrogens is 423 g/mol. The number of benzene rings is 2. The number of H-pyrrole nitrogens is 1. The van der Waals surface area contributed by atoms with E-state index in [9.17, 15) is 14.0 Å². The zero-order chi connectivity index (χ0) is 23.4. The van der Waals surface area contributed by atoms with E-state index in [4.69, 9.17) is 4.74 Å². The molecule has 0 fully saturated rings. The van der Waals surface area contributed by atoms with Crippen LogP contribution in [0.25, 0.3) is 11.3 Å². The van der Waals surface area contributed by atoms with Crippen molar-refractivity contribution in [1.29, 1.82) is 0 Å². The third-order valence-electron chi connectivity index (χ3n) is 4.79. The van der Waals surface area contributed by atoms with Crippen LogP contribution in [0.2, 0.25) is 0 Å². The molecule has 0 aliphatic carbocycles. The number of carbonyl (C=O) groups is 2. The van der Waals surface area contributed by atoms with Crippen LogP contribution in [-0.2, 0) is 0 Å². The van der Waals surface area contributed by atoms with Crippen LogP contribution in [0.15, 0.2) is 73.1 Å². The first-order valence-electron chi connectivity index (χ1n) is 10.2. The summed E-state index contributed by atoms with van der Waals surface area (Å²) in [4.78, 5) is 31.1. The molecule has 0 unspecified atom stereocenters. The number of pyridine rings is 1. The lowest BCUT2D eigenvalue weighted by molar-refractivity contribution is 0.101. The predicted molar refractivity (Wildman–Crippen MR) is 124 cm³/mol. The van der Waals surface area contributed by atoms with Gasteiger partial charge in [0.25, 0.3) is 0 Å². The molecule has 0 aliphatic heterocycles. The molecule has 4 rings (SSSR count). The summed E-state index contributed by atoms with van der Waals surface area (Å²) in [6.07, 6.45) is 3.32. The number of halogens is 1. The normalized spacial score (nSPS) is 10.5. The first kappa shape index (κ1) is 21.8. The zero-order valence-electron chi connectivity index (χ0n) is 18.0. The molecule has 33 heavy (non-hydrogen) atoms. The standard InChI is InChI=1S/C25H21FN4O3/c1-15-6-7-21(26)24(10-15)30-25(32)29-18-4-3-5-19(12-18)33-20-8-9-27-23(13-20)17-11-22(16(2)31)28-14-17/h3-14,28H,1-2H3,(H2,29,30,32). The van der Waals surface area contributed by atoms with Gasteiger partial charge in [-0.25, -0.2) is 9.18 Å². The third-order valence-corrected chi connectivity index (χ3v) is 4.79. The van der Waals surface area contributed by atoms with Crippen molar-refractivity contribution in [1.82, 2.24) is 9.97 Å². The highest BCUT2D eigenvalue weighted by Gasteiger charge is 2.10. The van der Waals surface area contributed by atoms with E-state index in [0.717, 1.165) is 11.1 Å². The molecule has 0 saturated carbocycles. The molecule has 2 amide bonds. The van der Waals surface area contributed by atoms with Crippen molar-refractivity contribution in [3.63, 3.8) is 0 Å². The summed E-state index contributed by atoms with van der Waals surface area (Å²) in [5.74, 6) is 0.450. The number of hydrogen-bond acceptors (Lipinski definition) is 4. The van der Waals surface area contributed by atoms with Crippen molar-refractivity contribution in [3.05, 3.63) is 90.1 Å². The van der Waals surface area contributed by atoms with Crippen LogP contribution in [0.4, 0.5) is 20.6 Å². The molecule has 0 saturated heterocycles. The van der Waals surface area contributed by atoms with Crippen LogP contribution in [0.5, 0.6) is 11.5 Å². The van der Waals surface area contributed by atoms with Crippen molar-refractivity contribution in [2.75, 3.05) is 10.6 Å². The first-order valence-corrected chi connectivity index (χ1v) is 10.2. The number of nitrogens with zero attached hydrogens (tertiary/aromatic N) is 1. The summed E-state index contributed by atoms with van der Waals surface area (Å²) in [7, 11) is 0. The molecule has 2 heterocycles. The third kappa shape index (κ3) is 5.43. The molecule has 4 aromatic rings. The Kier molecular flexibility index (Phi) is 6.17. The van der Waals surface area contributed by atoms with E-state index in [0.29, 0.717) is 28.6 Å². The van der Waals surface area contributed by atoms with Gasteiger partial charge < -0.3 is 20.4 Å². The molecule has 0 spiro atoms. The number of urea groups is 1. The van der Waals surface area contributed by atoms with E-state index < -0.39 is 11.8 Å². The van der Waals surface area contributed by atoms with Crippen molar-refractivity contribution >= 4 is 23.2 Å². The number of aromatic nitrogens is 2. The van der Waals surface area contributed by atoms with Gasteiger partial charge in [0.15, 0.2) is 5.78 Å². The number of anilines is 2. The molecule has 0 bridgehead atoms. The van der Waals surface area contributed by atoms with Gasteiger partial charge in [-0.05, 0) is 48.9 Å². The molecule has 0 aliphatic rings. The van der Waals surface area contributed by atoms with Gasteiger partial charge in [-0.1, -0.05) is 12.1 Å². The SMILES string of the molecule is CC(=O)c1cc(-c2cc(Oc3cccc(NC(=O)Nc4cc(C)ccc4F)c3)ccn2)c[nH]1. The number of ether oxygens (including phenoxy) is 1. The highest BCUT2D eigenvalue weighted by Crippen LogP contribution is 2.28. The Bertz CT molecular complexity index is 1330. The maximum atomic E-state index is 13.9. The van der Waals surface area contributed by atoms with Gasteiger partial charge >= 0.3 is 6.03 Å². The fraction of sp³-hybridized carbons (Fsp3) is 0.0800. The van der Waals surface area contributed by atoms with Crippen LogP contribution in [-0.4, -0.2) is 21.8 Å². The Morgan fingerprint density at radius 3 is 2.61 bits per heavy atom. The topological polar surface area (TPSA) is 96.1 Å². The molecule has 8 heteroatoms. The molecule has 166 valence electrons. The van der Waals surface area contributed by atoms with Gasteiger partial charge in [-0.15, -0.1) is 0 Å². The summed E-state index contributed by atoms with van der Waals surface area (Å²) in [5, 5.41) is 5.17. The first-order chi connectivity index (χ1) is 15.9. The molecule has 2 aromatic heterocycles. The van der Waals surface area contributed by atoms with Crippen LogP contribution < -0.4 is 15.4 Å². The summed E-state index contributed by atoms with van der Waals surface area (Å²) in [6.45, 7) is 3.30. The van der Waals surface area contributed by atoms with E-state index in [2.05, 4.69) is 20.6 Å².